The molecular weight excluding hydrogens is 124 g/mol. The van der Waals surface area contributed by atoms with Crippen molar-refractivity contribution in [2.75, 3.05) is 0 Å². The summed E-state index contributed by atoms with van der Waals surface area (Å²) in [5.74, 6) is 0. The summed E-state index contributed by atoms with van der Waals surface area (Å²) in [6, 6.07) is 0. The van der Waals surface area contributed by atoms with Crippen LogP contribution in [0.15, 0.2) is 24.0 Å². The van der Waals surface area contributed by atoms with E-state index in [1.54, 1.807) is 13.0 Å². The van der Waals surface area contributed by atoms with Gasteiger partial charge in [-0.25, -0.2) is 0 Å². The molecule has 2 heteroatoms. The molecule has 10 heavy (non-hydrogen) atoms. The minimum absolute atomic E-state index is 0.500. The zero-order chi connectivity index (χ0) is 8.57. The molecule has 0 aliphatic rings. The van der Waals surface area contributed by atoms with Gasteiger partial charge in [-0.3, -0.25) is 0 Å². The van der Waals surface area contributed by atoms with Gasteiger partial charge in [0, 0.05) is 11.4 Å². The molecule has 0 amide bonds. The lowest BCUT2D eigenvalue weighted by molar-refractivity contribution is 1.09. The second kappa shape index (κ2) is 8.08. The van der Waals surface area contributed by atoms with E-state index in [1.165, 1.54) is 6.42 Å². The van der Waals surface area contributed by atoms with Gasteiger partial charge in [-0.15, -0.1) is 0 Å². The highest BCUT2D eigenvalue weighted by molar-refractivity contribution is 5.13. The second-order valence-electron chi connectivity index (χ2n) is 2.17. The van der Waals surface area contributed by atoms with E-state index in [0.717, 1.165) is 0 Å². The van der Waals surface area contributed by atoms with Gasteiger partial charge in [0.15, 0.2) is 0 Å². The van der Waals surface area contributed by atoms with Crippen LogP contribution in [-0.4, -0.2) is 0 Å². The molecule has 60 valence electrons. The van der Waals surface area contributed by atoms with E-state index in [4.69, 9.17) is 11.5 Å². The normalized spacial score (nSPS) is 9.70. The fourth-order valence-corrected chi connectivity index (χ4v) is 0.292. The first-order valence-electron chi connectivity index (χ1n) is 3.42. The highest BCUT2D eigenvalue weighted by Crippen LogP contribution is 1.83. The average Bonchev–Trinajstić information content (AvgIpc) is 1.62. The van der Waals surface area contributed by atoms with Crippen LogP contribution in [0.5, 0.6) is 0 Å². The van der Waals surface area contributed by atoms with Gasteiger partial charge in [0.25, 0.3) is 0 Å². The predicted molar refractivity (Wildman–Crippen MR) is 47.2 cm³/mol. The van der Waals surface area contributed by atoms with Crippen molar-refractivity contribution in [2.24, 2.45) is 11.5 Å². The van der Waals surface area contributed by atoms with Crippen molar-refractivity contribution < 1.29 is 0 Å². The minimum atomic E-state index is 0.500. The van der Waals surface area contributed by atoms with Crippen LogP contribution in [0.3, 0.4) is 0 Å². The molecule has 0 atom stereocenters. The molecule has 2 nitrogen and oxygen atoms in total. The van der Waals surface area contributed by atoms with Crippen molar-refractivity contribution in [1.29, 1.82) is 0 Å². The van der Waals surface area contributed by atoms with E-state index in [-0.39, 0.29) is 0 Å². The maximum Gasteiger partial charge on any atom is 0.0258 e. The van der Waals surface area contributed by atoms with Crippen molar-refractivity contribution in [3.05, 3.63) is 24.0 Å². The van der Waals surface area contributed by atoms with Crippen molar-refractivity contribution in [3.8, 4) is 0 Å². The zero-order valence-corrected chi connectivity index (χ0v) is 7.15. The lowest BCUT2D eigenvalue weighted by atomic mass is 10.4. The Morgan fingerprint density at radius 1 is 1.40 bits per heavy atom. The summed E-state index contributed by atoms with van der Waals surface area (Å²) in [7, 11) is 0. The van der Waals surface area contributed by atoms with E-state index in [0.29, 0.717) is 11.4 Å². The molecule has 0 aliphatic carbocycles. The molecule has 0 fully saturated rings. The predicted octanol–water partition coefficient (Wildman–Crippen LogP) is 1.74. The van der Waals surface area contributed by atoms with Crippen LogP contribution in [0.2, 0.25) is 0 Å². The van der Waals surface area contributed by atoms with E-state index < -0.39 is 0 Å². The second-order valence-corrected chi connectivity index (χ2v) is 2.17. The third kappa shape index (κ3) is 27.6. The fourth-order valence-electron chi connectivity index (χ4n) is 0.292. The van der Waals surface area contributed by atoms with Gasteiger partial charge in [0.05, 0.1) is 0 Å². The van der Waals surface area contributed by atoms with Gasteiger partial charge in [0.2, 0.25) is 0 Å². The highest BCUT2D eigenvalue weighted by Gasteiger charge is 1.74. The number of rotatable bonds is 1. The molecule has 4 N–H and O–H groups in total. The zero-order valence-electron chi connectivity index (χ0n) is 7.15. The van der Waals surface area contributed by atoms with Gasteiger partial charge < -0.3 is 11.5 Å². The summed E-state index contributed by atoms with van der Waals surface area (Å²) in [5, 5.41) is 0. The molecule has 0 rings (SSSR count). The van der Waals surface area contributed by atoms with Gasteiger partial charge in [-0.2, -0.15) is 0 Å². The quantitative estimate of drug-likeness (QED) is 0.548. The van der Waals surface area contributed by atoms with Crippen LogP contribution < -0.4 is 11.5 Å². The standard InChI is InChI=1S/C5H10N2.C3H8/c1-4(6)3-5(2)7;1-3-2/h3H,1,6-7H2,2H3;3H2,1-2H3/b5-3-;. The minimum Gasteiger partial charge on any atom is -0.402 e. The number of allylic oxidation sites excluding steroid dienone is 2. The third-order valence-corrected chi connectivity index (χ3v) is 0.413. The molecule has 0 saturated carbocycles. The van der Waals surface area contributed by atoms with Crippen molar-refractivity contribution in [2.45, 2.75) is 27.2 Å². The summed E-state index contributed by atoms with van der Waals surface area (Å²) in [6.45, 7) is 9.43. The SMILES string of the molecule is C=C(N)/C=C(/C)N.CCC. The van der Waals surface area contributed by atoms with Crippen LogP contribution in [-0.2, 0) is 0 Å². The molecule has 0 aromatic heterocycles. The Morgan fingerprint density at radius 2 is 1.70 bits per heavy atom. The van der Waals surface area contributed by atoms with Gasteiger partial charge in [-0.1, -0.05) is 26.8 Å². The summed E-state index contributed by atoms with van der Waals surface area (Å²) in [5.41, 5.74) is 11.5. The van der Waals surface area contributed by atoms with E-state index >= 15 is 0 Å². The monoisotopic (exact) mass is 142 g/mol. The molecular formula is C8H18N2. The molecule has 0 aliphatic heterocycles. The highest BCUT2D eigenvalue weighted by atomic mass is 14.6. The maximum absolute atomic E-state index is 5.21. The first-order chi connectivity index (χ1) is 4.54. The van der Waals surface area contributed by atoms with Gasteiger partial charge >= 0.3 is 0 Å². The van der Waals surface area contributed by atoms with Gasteiger partial charge in [-0.05, 0) is 13.0 Å². The van der Waals surface area contributed by atoms with Crippen LogP contribution in [0, 0.1) is 0 Å². The Bertz CT molecular complexity index is 110. The van der Waals surface area contributed by atoms with E-state index in [1.807, 2.05) is 0 Å². The van der Waals surface area contributed by atoms with Crippen LogP contribution in [0.25, 0.3) is 0 Å². The topological polar surface area (TPSA) is 52.0 Å². The lowest BCUT2D eigenvalue weighted by Gasteiger charge is -1.87. The smallest absolute Gasteiger partial charge is 0.0258 e. The Hall–Kier alpha value is -0.920. The molecule has 0 saturated heterocycles. The number of hydrogen-bond donors (Lipinski definition) is 2. The van der Waals surface area contributed by atoms with Crippen molar-refractivity contribution in [1.82, 2.24) is 0 Å². The number of hydrogen-bond acceptors (Lipinski definition) is 2. The summed E-state index contributed by atoms with van der Waals surface area (Å²) >= 11 is 0. The van der Waals surface area contributed by atoms with Crippen molar-refractivity contribution >= 4 is 0 Å². The van der Waals surface area contributed by atoms with Gasteiger partial charge in [0.1, 0.15) is 0 Å². The van der Waals surface area contributed by atoms with Crippen molar-refractivity contribution in [3.63, 3.8) is 0 Å². The first-order valence-corrected chi connectivity index (χ1v) is 3.42. The van der Waals surface area contributed by atoms with Crippen LogP contribution in [0.1, 0.15) is 27.2 Å². The third-order valence-electron chi connectivity index (χ3n) is 0.413. The maximum atomic E-state index is 5.21. The van der Waals surface area contributed by atoms with E-state index in [9.17, 15) is 0 Å². The fraction of sp³-hybridized carbons (Fsp3) is 0.500. The molecule has 0 bridgehead atoms. The molecule has 0 spiro atoms. The van der Waals surface area contributed by atoms with Crippen LogP contribution >= 0.6 is 0 Å². The number of nitrogens with two attached hydrogens (primary N) is 2. The Kier molecular flexibility index (Phi) is 9.56. The summed E-state index contributed by atoms with van der Waals surface area (Å²) in [4.78, 5) is 0. The summed E-state index contributed by atoms with van der Waals surface area (Å²) < 4.78 is 0. The first kappa shape index (κ1) is 11.8. The summed E-state index contributed by atoms with van der Waals surface area (Å²) in [6.07, 6.45) is 2.86. The Balaban J connectivity index is 0. The molecule has 0 aromatic rings. The molecule has 0 heterocycles. The average molecular weight is 142 g/mol. The molecule has 0 radical (unpaired) electrons. The Labute approximate surface area is 63.6 Å². The van der Waals surface area contributed by atoms with Crippen LogP contribution in [0.4, 0.5) is 0 Å². The van der Waals surface area contributed by atoms with E-state index in [2.05, 4.69) is 20.4 Å². The Morgan fingerprint density at radius 3 is 1.70 bits per heavy atom. The lowest BCUT2D eigenvalue weighted by Crippen LogP contribution is -1.96. The largest absolute Gasteiger partial charge is 0.402 e. The molecule has 0 unspecified atom stereocenters. The molecule has 0 aromatic carbocycles.